The van der Waals surface area contributed by atoms with Crippen LogP contribution in [-0.2, 0) is 12.2 Å². The van der Waals surface area contributed by atoms with Crippen molar-refractivity contribution >= 4 is 33.9 Å². The number of unbranched alkanes of at least 4 members (excludes halogenated alkanes) is 1. The maximum Gasteiger partial charge on any atom is 0.226 e. The van der Waals surface area contributed by atoms with E-state index in [1.807, 2.05) is 24.3 Å². The van der Waals surface area contributed by atoms with Crippen LogP contribution in [-0.4, -0.2) is 27.4 Å². The van der Waals surface area contributed by atoms with E-state index >= 15 is 0 Å². The molecule has 0 fully saturated rings. The van der Waals surface area contributed by atoms with Gasteiger partial charge in [-0.05, 0) is 18.6 Å². The molecule has 0 radical (unpaired) electrons. The standard InChI is InChI=1S/C16H19N5O2S2/c1-3-4-8-14-18-13(21-23-14)10-24-16-20-19-15(25-16)17-11-6-5-7-12(9-11)22-2/h5-7,9H,3-4,8,10H2,1-2H3,(H,17,19). The normalized spacial score (nSPS) is 10.8. The van der Waals surface area contributed by atoms with E-state index in [1.54, 1.807) is 18.9 Å². The van der Waals surface area contributed by atoms with Crippen LogP contribution in [0.25, 0.3) is 0 Å². The van der Waals surface area contributed by atoms with Crippen molar-refractivity contribution in [3.63, 3.8) is 0 Å². The predicted molar refractivity (Wildman–Crippen MR) is 98.7 cm³/mol. The number of nitrogens with zero attached hydrogens (tertiary/aromatic N) is 4. The molecule has 2 aromatic heterocycles. The van der Waals surface area contributed by atoms with Crippen molar-refractivity contribution in [2.45, 2.75) is 36.3 Å². The van der Waals surface area contributed by atoms with E-state index in [0.29, 0.717) is 17.5 Å². The molecule has 0 saturated heterocycles. The number of ether oxygens (including phenoxy) is 1. The summed E-state index contributed by atoms with van der Waals surface area (Å²) in [4.78, 5) is 4.38. The molecule has 0 amide bonds. The Bertz CT molecular complexity index is 805. The van der Waals surface area contributed by atoms with Crippen molar-refractivity contribution in [3.8, 4) is 5.75 Å². The van der Waals surface area contributed by atoms with Crippen LogP contribution in [0.2, 0.25) is 0 Å². The summed E-state index contributed by atoms with van der Waals surface area (Å²) >= 11 is 3.03. The minimum Gasteiger partial charge on any atom is -0.497 e. The number of aryl methyl sites for hydroxylation is 1. The van der Waals surface area contributed by atoms with Crippen LogP contribution in [0.3, 0.4) is 0 Å². The zero-order valence-corrected chi connectivity index (χ0v) is 15.7. The average molecular weight is 377 g/mol. The number of hydrogen-bond donors (Lipinski definition) is 1. The van der Waals surface area contributed by atoms with E-state index in [9.17, 15) is 0 Å². The van der Waals surface area contributed by atoms with E-state index < -0.39 is 0 Å². The summed E-state index contributed by atoms with van der Waals surface area (Å²) in [5.41, 5.74) is 0.908. The third-order valence-corrected chi connectivity index (χ3v) is 5.27. The van der Waals surface area contributed by atoms with Gasteiger partial charge in [0.15, 0.2) is 10.2 Å². The van der Waals surface area contributed by atoms with Gasteiger partial charge in [-0.1, -0.05) is 47.7 Å². The van der Waals surface area contributed by atoms with Crippen LogP contribution in [0.4, 0.5) is 10.8 Å². The molecule has 2 heterocycles. The van der Waals surface area contributed by atoms with Crippen LogP contribution in [0, 0.1) is 0 Å². The fraction of sp³-hybridized carbons (Fsp3) is 0.375. The summed E-state index contributed by atoms with van der Waals surface area (Å²) in [6.45, 7) is 2.14. The van der Waals surface area contributed by atoms with Crippen LogP contribution in [0.1, 0.15) is 31.5 Å². The summed E-state index contributed by atoms with van der Waals surface area (Å²) in [6, 6.07) is 7.68. The second-order valence-corrected chi connectivity index (χ2v) is 7.43. The number of methoxy groups -OCH3 is 1. The van der Waals surface area contributed by atoms with E-state index in [-0.39, 0.29) is 0 Å². The van der Waals surface area contributed by atoms with Gasteiger partial charge >= 0.3 is 0 Å². The van der Waals surface area contributed by atoms with E-state index in [1.165, 1.54) is 11.3 Å². The number of anilines is 2. The van der Waals surface area contributed by atoms with Gasteiger partial charge in [-0.25, -0.2) is 0 Å². The molecule has 1 N–H and O–H groups in total. The molecule has 0 unspecified atom stereocenters. The third kappa shape index (κ3) is 5.17. The van der Waals surface area contributed by atoms with Crippen molar-refractivity contribution in [3.05, 3.63) is 36.0 Å². The molecule has 9 heteroatoms. The molecule has 0 bridgehead atoms. The summed E-state index contributed by atoms with van der Waals surface area (Å²) in [5, 5.41) is 16.3. The molecule has 0 spiro atoms. The van der Waals surface area contributed by atoms with Crippen molar-refractivity contribution in [2.75, 3.05) is 12.4 Å². The first-order valence-corrected chi connectivity index (χ1v) is 9.76. The first-order chi connectivity index (χ1) is 12.3. The smallest absolute Gasteiger partial charge is 0.226 e. The SMILES string of the molecule is CCCCc1nc(CSc2nnc(Nc3cccc(OC)c3)s2)no1. The Kier molecular flexibility index (Phi) is 6.24. The molecule has 3 rings (SSSR count). The van der Waals surface area contributed by atoms with Gasteiger partial charge < -0.3 is 14.6 Å². The van der Waals surface area contributed by atoms with Gasteiger partial charge in [0.05, 0.1) is 12.9 Å². The van der Waals surface area contributed by atoms with E-state index in [2.05, 4.69) is 32.6 Å². The van der Waals surface area contributed by atoms with Gasteiger partial charge in [0.25, 0.3) is 0 Å². The Hall–Kier alpha value is -2.13. The van der Waals surface area contributed by atoms with Crippen LogP contribution < -0.4 is 10.1 Å². The number of rotatable bonds is 9. The predicted octanol–water partition coefficient (Wildman–Crippen LogP) is 4.31. The van der Waals surface area contributed by atoms with E-state index in [0.717, 1.165) is 40.2 Å². The number of benzene rings is 1. The Morgan fingerprint density at radius 3 is 3.08 bits per heavy atom. The molecular formula is C16H19N5O2S2. The summed E-state index contributed by atoms with van der Waals surface area (Å²) < 4.78 is 11.3. The quantitative estimate of drug-likeness (QED) is 0.552. The van der Waals surface area contributed by atoms with Gasteiger partial charge in [-0.2, -0.15) is 4.98 Å². The van der Waals surface area contributed by atoms with Crippen LogP contribution >= 0.6 is 23.1 Å². The Labute approximate surface area is 154 Å². The molecule has 0 aliphatic carbocycles. The zero-order valence-electron chi connectivity index (χ0n) is 14.1. The van der Waals surface area contributed by atoms with Gasteiger partial charge in [0.2, 0.25) is 11.0 Å². The average Bonchev–Trinajstić information content (AvgIpc) is 3.27. The lowest BCUT2D eigenvalue weighted by Crippen LogP contribution is -1.90. The van der Waals surface area contributed by atoms with E-state index in [4.69, 9.17) is 9.26 Å². The molecule has 0 atom stereocenters. The highest BCUT2D eigenvalue weighted by Gasteiger charge is 2.10. The number of hydrogen-bond acceptors (Lipinski definition) is 9. The van der Waals surface area contributed by atoms with Crippen molar-refractivity contribution < 1.29 is 9.26 Å². The Morgan fingerprint density at radius 1 is 1.32 bits per heavy atom. The summed E-state index contributed by atoms with van der Waals surface area (Å²) in [6.07, 6.45) is 3.01. The fourth-order valence-electron chi connectivity index (χ4n) is 2.05. The molecule has 0 aliphatic rings. The highest BCUT2D eigenvalue weighted by molar-refractivity contribution is 8.00. The molecule has 132 valence electrons. The maximum atomic E-state index is 5.23. The highest BCUT2D eigenvalue weighted by atomic mass is 32.2. The van der Waals surface area contributed by atoms with Gasteiger partial charge in [-0.3, -0.25) is 0 Å². The maximum absolute atomic E-state index is 5.23. The van der Waals surface area contributed by atoms with Crippen LogP contribution in [0.5, 0.6) is 5.75 Å². The third-order valence-electron chi connectivity index (χ3n) is 3.31. The number of aromatic nitrogens is 4. The Morgan fingerprint density at radius 2 is 2.24 bits per heavy atom. The minimum atomic E-state index is 0.615. The topological polar surface area (TPSA) is 86.0 Å². The monoisotopic (exact) mass is 377 g/mol. The lowest BCUT2D eigenvalue weighted by molar-refractivity contribution is 0.371. The highest BCUT2D eigenvalue weighted by Crippen LogP contribution is 2.30. The Balaban J connectivity index is 1.53. The second kappa shape index (κ2) is 8.82. The van der Waals surface area contributed by atoms with Gasteiger partial charge in [0, 0.05) is 18.2 Å². The molecule has 3 aromatic rings. The summed E-state index contributed by atoms with van der Waals surface area (Å²) in [5.74, 6) is 2.80. The van der Waals surface area contributed by atoms with Gasteiger partial charge in [0.1, 0.15) is 5.75 Å². The molecule has 1 aromatic carbocycles. The minimum absolute atomic E-state index is 0.615. The lowest BCUT2D eigenvalue weighted by Gasteiger charge is -2.04. The van der Waals surface area contributed by atoms with Gasteiger partial charge in [-0.15, -0.1) is 10.2 Å². The second-order valence-electron chi connectivity index (χ2n) is 5.23. The first kappa shape index (κ1) is 17.7. The number of nitrogens with one attached hydrogen (secondary N) is 1. The van der Waals surface area contributed by atoms with Crippen molar-refractivity contribution in [2.24, 2.45) is 0 Å². The van der Waals surface area contributed by atoms with Crippen molar-refractivity contribution in [1.29, 1.82) is 0 Å². The lowest BCUT2D eigenvalue weighted by atomic mass is 10.2. The molecule has 0 saturated carbocycles. The molecule has 7 nitrogen and oxygen atoms in total. The summed E-state index contributed by atoms with van der Waals surface area (Å²) in [7, 11) is 1.64. The largest absolute Gasteiger partial charge is 0.497 e. The van der Waals surface area contributed by atoms with Crippen molar-refractivity contribution in [1.82, 2.24) is 20.3 Å². The fourth-order valence-corrected chi connectivity index (χ4v) is 3.66. The molecule has 0 aliphatic heterocycles. The first-order valence-electron chi connectivity index (χ1n) is 7.95. The zero-order chi connectivity index (χ0) is 17.5. The van der Waals surface area contributed by atoms with Crippen LogP contribution in [0.15, 0.2) is 33.1 Å². The number of thioether (sulfide) groups is 1. The molecule has 25 heavy (non-hydrogen) atoms. The molecular weight excluding hydrogens is 358 g/mol.